The number of ether oxygens (including phenoxy) is 1. The quantitative estimate of drug-likeness (QED) is 0.866. The summed E-state index contributed by atoms with van der Waals surface area (Å²) in [6, 6.07) is 1.25. The zero-order chi connectivity index (χ0) is 11.6. The lowest BCUT2D eigenvalue weighted by Gasteiger charge is -2.10. The van der Waals surface area contributed by atoms with E-state index in [1.54, 1.807) is 0 Å². The van der Waals surface area contributed by atoms with Crippen LogP contribution < -0.4 is 16.0 Å². The Labute approximate surface area is 90.4 Å². The summed E-state index contributed by atoms with van der Waals surface area (Å²) in [6.07, 6.45) is -4.90. The fraction of sp³-hybridized carbons (Fsp3) is 0.286. The Morgan fingerprint density at radius 1 is 1.53 bits per heavy atom. The van der Waals surface area contributed by atoms with Gasteiger partial charge in [0.15, 0.2) is 0 Å². The summed E-state index contributed by atoms with van der Waals surface area (Å²) >= 11 is 2.79. The average Bonchev–Trinajstić information content (AvgIpc) is 2.09. The monoisotopic (exact) mass is 286 g/mol. The lowest BCUT2D eigenvalue weighted by Crippen LogP contribution is -2.24. The fourth-order valence-electron chi connectivity index (χ4n) is 0.886. The summed E-state index contributed by atoms with van der Waals surface area (Å²) in [5, 5.41) is 0. The highest BCUT2D eigenvalue weighted by atomic mass is 79.9. The van der Waals surface area contributed by atoms with Gasteiger partial charge in [-0.1, -0.05) is 0 Å². The summed E-state index contributed by atoms with van der Waals surface area (Å²) < 4.78 is 39.0. The molecule has 0 saturated heterocycles. The van der Waals surface area contributed by atoms with Gasteiger partial charge in [-0.25, -0.2) is 0 Å². The number of aromatic amines is 1. The maximum Gasteiger partial charge on any atom is 0.573 e. The Hall–Kier alpha value is -1.02. The molecular formula is C7H6BrF3N2O2. The van der Waals surface area contributed by atoms with Gasteiger partial charge < -0.3 is 15.5 Å². The van der Waals surface area contributed by atoms with E-state index in [1.807, 2.05) is 0 Å². The van der Waals surface area contributed by atoms with Gasteiger partial charge >= 0.3 is 6.36 Å². The number of alkyl halides is 3. The molecular weight excluding hydrogens is 281 g/mol. The minimum atomic E-state index is -4.90. The molecule has 3 N–H and O–H groups in total. The zero-order valence-electron chi connectivity index (χ0n) is 7.19. The van der Waals surface area contributed by atoms with Crippen LogP contribution in [0.4, 0.5) is 13.2 Å². The lowest BCUT2D eigenvalue weighted by atomic mass is 10.3. The Balaban J connectivity index is 3.15. The molecule has 0 aliphatic heterocycles. The summed E-state index contributed by atoms with van der Waals surface area (Å²) in [5.74, 6) is -0.834. The van der Waals surface area contributed by atoms with Crippen molar-refractivity contribution in [2.24, 2.45) is 5.73 Å². The number of pyridine rings is 1. The van der Waals surface area contributed by atoms with Gasteiger partial charge in [0.1, 0.15) is 0 Å². The summed E-state index contributed by atoms with van der Waals surface area (Å²) in [4.78, 5) is 13.3. The number of halogens is 4. The maximum atomic E-state index is 11.9. The molecule has 8 heteroatoms. The van der Waals surface area contributed by atoms with Crippen molar-refractivity contribution in [3.05, 3.63) is 26.6 Å². The number of hydrogen-bond donors (Lipinski definition) is 2. The molecule has 0 radical (unpaired) electrons. The second-order valence-electron chi connectivity index (χ2n) is 2.55. The normalized spacial score (nSPS) is 11.5. The highest BCUT2D eigenvalue weighted by molar-refractivity contribution is 9.10. The molecule has 0 amide bonds. The standard InChI is InChI=1S/C7H6BrF3N2O2/c8-4-1-3(2-12)13-6(14)5(4)15-7(9,10)11/h1H,2,12H2,(H,13,14). The van der Waals surface area contributed by atoms with E-state index in [9.17, 15) is 18.0 Å². The number of rotatable bonds is 2. The van der Waals surface area contributed by atoms with Crippen molar-refractivity contribution >= 4 is 15.9 Å². The molecule has 0 unspecified atom stereocenters. The minimum Gasteiger partial charge on any atom is -0.399 e. The van der Waals surface area contributed by atoms with Crippen molar-refractivity contribution in [2.45, 2.75) is 12.9 Å². The van der Waals surface area contributed by atoms with Gasteiger partial charge in [-0.3, -0.25) is 4.79 Å². The molecule has 0 aromatic carbocycles. The molecule has 0 saturated carbocycles. The number of nitrogens with two attached hydrogens (primary N) is 1. The van der Waals surface area contributed by atoms with E-state index in [-0.39, 0.29) is 11.0 Å². The van der Waals surface area contributed by atoms with E-state index in [1.165, 1.54) is 6.07 Å². The third-order valence-electron chi connectivity index (χ3n) is 1.44. The third-order valence-corrected chi connectivity index (χ3v) is 2.02. The van der Waals surface area contributed by atoms with Crippen LogP contribution in [0.25, 0.3) is 0 Å². The van der Waals surface area contributed by atoms with Crippen LogP contribution in [0.15, 0.2) is 15.3 Å². The maximum absolute atomic E-state index is 11.9. The molecule has 1 rings (SSSR count). The molecule has 4 nitrogen and oxygen atoms in total. The van der Waals surface area contributed by atoms with Crippen molar-refractivity contribution in [3.8, 4) is 5.75 Å². The molecule has 1 heterocycles. The smallest absolute Gasteiger partial charge is 0.399 e. The van der Waals surface area contributed by atoms with Crippen molar-refractivity contribution in [3.63, 3.8) is 0 Å². The highest BCUT2D eigenvalue weighted by Crippen LogP contribution is 2.26. The van der Waals surface area contributed by atoms with Gasteiger partial charge in [0.05, 0.1) is 4.47 Å². The Bertz CT molecular complexity index is 416. The van der Waals surface area contributed by atoms with E-state index < -0.39 is 17.7 Å². The molecule has 0 spiro atoms. The predicted octanol–water partition coefficient (Wildman–Crippen LogP) is 1.49. The first-order chi connectivity index (χ1) is 6.83. The van der Waals surface area contributed by atoms with E-state index in [0.29, 0.717) is 5.69 Å². The van der Waals surface area contributed by atoms with Crippen LogP contribution in [0.2, 0.25) is 0 Å². The number of aromatic nitrogens is 1. The van der Waals surface area contributed by atoms with Crippen molar-refractivity contribution in [1.82, 2.24) is 4.98 Å². The van der Waals surface area contributed by atoms with Crippen LogP contribution in [0.5, 0.6) is 5.75 Å². The largest absolute Gasteiger partial charge is 0.573 e. The first-order valence-electron chi connectivity index (χ1n) is 3.71. The molecule has 0 atom stereocenters. The summed E-state index contributed by atoms with van der Waals surface area (Å²) in [6.45, 7) is 0.0140. The first kappa shape index (κ1) is 12.1. The Morgan fingerprint density at radius 3 is 2.53 bits per heavy atom. The highest BCUT2D eigenvalue weighted by Gasteiger charge is 2.33. The minimum absolute atomic E-state index is 0.0140. The molecule has 0 aliphatic carbocycles. The van der Waals surface area contributed by atoms with Gasteiger partial charge in [0.2, 0.25) is 5.75 Å². The van der Waals surface area contributed by atoms with Crippen LogP contribution in [0.1, 0.15) is 5.69 Å². The van der Waals surface area contributed by atoms with Crippen LogP contribution in [-0.4, -0.2) is 11.3 Å². The summed E-state index contributed by atoms with van der Waals surface area (Å²) in [7, 11) is 0. The lowest BCUT2D eigenvalue weighted by molar-refractivity contribution is -0.275. The van der Waals surface area contributed by atoms with E-state index in [0.717, 1.165) is 0 Å². The predicted molar refractivity (Wildman–Crippen MR) is 49.3 cm³/mol. The van der Waals surface area contributed by atoms with Crippen LogP contribution in [-0.2, 0) is 6.54 Å². The van der Waals surface area contributed by atoms with Gasteiger partial charge in [-0.15, -0.1) is 13.2 Å². The number of nitrogens with one attached hydrogen (secondary N) is 1. The van der Waals surface area contributed by atoms with Crippen LogP contribution in [0.3, 0.4) is 0 Å². The zero-order valence-corrected chi connectivity index (χ0v) is 8.78. The molecule has 1 aromatic heterocycles. The molecule has 15 heavy (non-hydrogen) atoms. The second kappa shape index (κ2) is 4.23. The molecule has 0 aliphatic rings. The first-order valence-corrected chi connectivity index (χ1v) is 4.50. The topological polar surface area (TPSA) is 68.1 Å². The Morgan fingerprint density at radius 2 is 2.13 bits per heavy atom. The van der Waals surface area contributed by atoms with Gasteiger partial charge in [0.25, 0.3) is 5.56 Å². The van der Waals surface area contributed by atoms with Crippen LogP contribution >= 0.6 is 15.9 Å². The van der Waals surface area contributed by atoms with E-state index in [4.69, 9.17) is 5.73 Å². The van der Waals surface area contributed by atoms with Crippen molar-refractivity contribution in [1.29, 1.82) is 0 Å². The second-order valence-corrected chi connectivity index (χ2v) is 3.41. The molecule has 1 aromatic rings. The fourth-order valence-corrected chi connectivity index (χ4v) is 1.42. The van der Waals surface area contributed by atoms with E-state index >= 15 is 0 Å². The molecule has 0 fully saturated rings. The third kappa shape index (κ3) is 3.24. The van der Waals surface area contributed by atoms with Gasteiger partial charge in [-0.2, -0.15) is 0 Å². The van der Waals surface area contributed by atoms with E-state index in [2.05, 4.69) is 25.7 Å². The van der Waals surface area contributed by atoms with Crippen molar-refractivity contribution < 1.29 is 17.9 Å². The SMILES string of the molecule is NCc1cc(Br)c(OC(F)(F)F)c(=O)[nH]1. The van der Waals surface area contributed by atoms with Crippen LogP contribution in [0, 0.1) is 0 Å². The Kier molecular flexibility index (Phi) is 3.40. The average molecular weight is 287 g/mol. The molecule has 0 bridgehead atoms. The van der Waals surface area contributed by atoms with Crippen molar-refractivity contribution in [2.75, 3.05) is 0 Å². The summed E-state index contributed by atoms with van der Waals surface area (Å²) in [5.41, 5.74) is 4.53. The number of H-pyrrole nitrogens is 1. The molecule has 84 valence electrons. The van der Waals surface area contributed by atoms with Gasteiger partial charge in [-0.05, 0) is 22.0 Å². The number of hydrogen-bond acceptors (Lipinski definition) is 3. The van der Waals surface area contributed by atoms with Gasteiger partial charge in [0, 0.05) is 12.2 Å².